The van der Waals surface area contributed by atoms with Crippen LogP contribution in [0.2, 0.25) is 0 Å². The first-order valence-corrected chi connectivity index (χ1v) is 8.78. The highest BCUT2D eigenvalue weighted by Gasteiger charge is 2.47. The summed E-state index contributed by atoms with van der Waals surface area (Å²) in [5.41, 5.74) is 3.75. The summed E-state index contributed by atoms with van der Waals surface area (Å²) in [4.78, 5) is 26.4. The van der Waals surface area contributed by atoms with Crippen LogP contribution in [0.25, 0.3) is 11.0 Å². The Morgan fingerprint density at radius 2 is 1.88 bits per heavy atom. The second-order valence-corrected chi connectivity index (χ2v) is 7.32. The van der Waals surface area contributed by atoms with Gasteiger partial charge in [-0.05, 0) is 44.9 Å². The molecule has 24 heavy (non-hydrogen) atoms. The zero-order chi connectivity index (χ0) is 16.7. The topological polar surface area (TPSA) is 49.3 Å². The van der Waals surface area contributed by atoms with Gasteiger partial charge in [0.25, 0.3) is 0 Å². The van der Waals surface area contributed by atoms with Crippen LogP contribution in [0.3, 0.4) is 0 Å². The molecule has 0 aliphatic carbocycles. The lowest BCUT2D eigenvalue weighted by Gasteiger charge is -2.37. The maximum Gasteiger partial charge on any atom is 0.229 e. The first kappa shape index (κ1) is 15.5. The summed E-state index contributed by atoms with van der Waals surface area (Å²) in [7, 11) is 1.94. The molecule has 4 rings (SSSR count). The molecule has 2 fully saturated rings. The smallest absolute Gasteiger partial charge is 0.229 e. The third-order valence-electron chi connectivity index (χ3n) is 5.60. The fourth-order valence-electron chi connectivity index (χ4n) is 4.23. The molecule has 3 heterocycles. The molecule has 1 spiro atoms. The lowest BCUT2D eigenvalue weighted by atomic mass is 9.78. The summed E-state index contributed by atoms with van der Waals surface area (Å²) in [5.74, 6) is 0.331. The van der Waals surface area contributed by atoms with Crippen LogP contribution in [0, 0.1) is 12.3 Å². The van der Waals surface area contributed by atoms with E-state index in [0.29, 0.717) is 5.91 Å². The van der Waals surface area contributed by atoms with E-state index in [9.17, 15) is 4.79 Å². The van der Waals surface area contributed by atoms with Crippen LogP contribution < -0.4 is 0 Å². The molecule has 2 saturated heterocycles. The van der Waals surface area contributed by atoms with E-state index in [4.69, 9.17) is 4.98 Å². The number of aromatic nitrogens is 2. The molecule has 2 aliphatic rings. The van der Waals surface area contributed by atoms with Crippen molar-refractivity contribution >= 4 is 16.9 Å². The Balaban J connectivity index is 1.54. The van der Waals surface area contributed by atoms with Gasteiger partial charge < -0.3 is 4.90 Å². The van der Waals surface area contributed by atoms with Crippen LogP contribution in [-0.2, 0) is 11.3 Å². The molecule has 5 nitrogen and oxygen atoms in total. The number of piperidine rings is 1. The van der Waals surface area contributed by atoms with E-state index in [1.807, 2.05) is 43.1 Å². The van der Waals surface area contributed by atoms with Crippen molar-refractivity contribution in [3.63, 3.8) is 0 Å². The molecule has 1 atom stereocenters. The Bertz CT molecular complexity index is 790. The molecule has 5 heteroatoms. The summed E-state index contributed by atoms with van der Waals surface area (Å²) >= 11 is 0. The normalized spacial score (nSPS) is 25.1. The summed E-state index contributed by atoms with van der Waals surface area (Å²) in [6, 6.07) is 8.00. The number of carbonyl (C=O) groups is 1. The molecular formula is C19H24N4O. The molecule has 126 valence electrons. The van der Waals surface area contributed by atoms with Gasteiger partial charge in [0.1, 0.15) is 0 Å². The van der Waals surface area contributed by atoms with Crippen LogP contribution in [0.5, 0.6) is 0 Å². The number of rotatable bonds is 2. The average Bonchev–Trinajstić information content (AvgIpc) is 2.97. The van der Waals surface area contributed by atoms with Crippen molar-refractivity contribution in [2.75, 3.05) is 26.7 Å². The van der Waals surface area contributed by atoms with E-state index in [-0.39, 0.29) is 5.41 Å². The molecule has 0 bridgehead atoms. The van der Waals surface area contributed by atoms with Crippen molar-refractivity contribution < 1.29 is 4.79 Å². The fourth-order valence-corrected chi connectivity index (χ4v) is 4.23. The molecule has 1 amide bonds. The monoisotopic (exact) mass is 324 g/mol. The number of aryl methyl sites for hydroxylation is 1. The number of nitrogens with zero attached hydrogens (tertiary/aromatic N) is 4. The number of hydrogen-bond donors (Lipinski definition) is 0. The van der Waals surface area contributed by atoms with Crippen molar-refractivity contribution in [3.8, 4) is 0 Å². The first-order chi connectivity index (χ1) is 11.6. The third kappa shape index (κ3) is 2.57. The van der Waals surface area contributed by atoms with Gasteiger partial charge >= 0.3 is 0 Å². The Kier molecular flexibility index (Phi) is 3.76. The van der Waals surface area contributed by atoms with Crippen LogP contribution in [0.1, 0.15) is 30.7 Å². The quantitative estimate of drug-likeness (QED) is 0.851. The van der Waals surface area contributed by atoms with Gasteiger partial charge in [0.05, 0.1) is 27.8 Å². The molecule has 0 saturated carbocycles. The lowest BCUT2D eigenvalue weighted by Crippen LogP contribution is -2.48. The highest BCUT2D eigenvalue weighted by molar-refractivity contribution is 5.84. The zero-order valence-corrected chi connectivity index (χ0v) is 14.5. The Hall–Kier alpha value is -2.01. The Morgan fingerprint density at radius 3 is 2.67 bits per heavy atom. The molecule has 1 aromatic carbocycles. The maximum atomic E-state index is 12.7. The number of carbonyl (C=O) groups excluding carboxylic acids is 1. The molecule has 1 aromatic heterocycles. The van der Waals surface area contributed by atoms with E-state index in [1.165, 1.54) is 0 Å². The number of amides is 1. The van der Waals surface area contributed by atoms with Gasteiger partial charge in [-0.25, -0.2) is 9.97 Å². The minimum Gasteiger partial charge on any atom is -0.345 e. The minimum absolute atomic E-state index is 0.162. The van der Waals surface area contributed by atoms with Crippen molar-refractivity contribution in [3.05, 3.63) is 35.7 Å². The van der Waals surface area contributed by atoms with E-state index in [1.54, 1.807) is 0 Å². The summed E-state index contributed by atoms with van der Waals surface area (Å²) < 4.78 is 0. The van der Waals surface area contributed by atoms with E-state index in [2.05, 4.69) is 9.88 Å². The van der Waals surface area contributed by atoms with Crippen molar-refractivity contribution in [1.82, 2.24) is 19.8 Å². The maximum absolute atomic E-state index is 12.7. The van der Waals surface area contributed by atoms with Gasteiger partial charge in [0.15, 0.2) is 0 Å². The highest BCUT2D eigenvalue weighted by atomic mass is 16.2. The predicted molar refractivity (Wildman–Crippen MR) is 93.5 cm³/mol. The van der Waals surface area contributed by atoms with Crippen LogP contribution >= 0.6 is 0 Å². The molecule has 1 unspecified atom stereocenters. The second kappa shape index (κ2) is 5.81. The molecular weight excluding hydrogens is 300 g/mol. The van der Waals surface area contributed by atoms with Gasteiger partial charge in [-0.3, -0.25) is 9.69 Å². The molecule has 0 N–H and O–H groups in total. The summed E-state index contributed by atoms with van der Waals surface area (Å²) in [6.07, 6.45) is 3.11. The van der Waals surface area contributed by atoms with Crippen LogP contribution in [0.4, 0.5) is 0 Å². The standard InChI is InChI=1S/C19H24N4O/c1-14-17(21-16-7-4-3-6-15(16)20-14)12-23-11-9-19(13-23)8-5-10-22(2)18(19)24/h3-4,6-7H,5,8-13H2,1-2H3. The van der Waals surface area contributed by atoms with E-state index in [0.717, 1.165) is 67.9 Å². The van der Waals surface area contributed by atoms with E-state index >= 15 is 0 Å². The number of likely N-dealkylation sites (tertiary alicyclic amines) is 2. The van der Waals surface area contributed by atoms with Crippen LogP contribution in [0.15, 0.2) is 24.3 Å². The largest absolute Gasteiger partial charge is 0.345 e. The lowest BCUT2D eigenvalue weighted by molar-refractivity contribution is -0.143. The fraction of sp³-hybridized carbons (Fsp3) is 0.526. The second-order valence-electron chi connectivity index (χ2n) is 7.32. The highest BCUT2D eigenvalue weighted by Crippen LogP contribution is 2.40. The average molecular weight is 324 g/mol. The number of para-hydroxylation sites is 2. The third-order valence-corrected chi connectivity index (χ3v) is 5.60. The van der Waals surface area contributed by atoms with E-state index < -0.39 is 0 Å². The van der Waals surface area contributed by atoms with Crippen molar-refractivity contribution in [2.24, 2.45) is 5.41 Å². The molecule has 2 aromatic rings. The molecule has 0 radical (unpaired) electrons. The van der Waals surface area contributed by atoms with Crippen LogP contribution in [-0.4, -0.2) is 52.4 Å². The number of hydrogen-bond acceptors (Lipinski definition) is 4. The van der Waals surface area contributed by atoms with Gasteiger partial charge in [0.2, 0.25) is 5.91 Å². The number of benzene rings is 1. The van der Waals surface area contributed by atoms with Crippen molar-refractivity contribution in [2.45, 2.75) is 32.7 Å². The van der Waals surface area contributed by atoms with Gasteiger partial charge in [0, 0.05) is 26.7 Å². The first-order valence-electron chi connectivity index (χ1n) is 8.78. The van der Waals surface area contributed by atoms with Gasteiger partial charge in [-0.1, -0.05) is 12.1 Å². The SMILES string of the molecule is Cc1nc2ccccc2nc1CN1CCC2(CCCN(C)C2=O)C1. The van der Waals surface area contributed by atoms with Gasteiger partial charge in [-0.2, -0.15) is 0 Å². The van der Waals surface area contributed by atoms with Gasteiger partial charge in [-0.15, -0.1) is 0 Å². The zero-order valence-electron chi connectivity index (χ0n) is 14.5. The minimum atomic E-state index is -0.162. The summed E-state index contributed by atoms with van der Waals surface area (Å²) in [6.45, 7) is 5.52. The number of fused-ring (bicyclic) bond motifs is 1. The van der Waals surface area contributed by atoms with Crippen molar-refractivity contribution in [1.29, 1.82) is 0 Å². The Morgan fingerprint density at radius 1 is 1.12 bits per heavy atom. The Labute approximate surface area is 142 Å². The summed E-state index contributed by atoms with van der Waals surface area (Å²) in [5, 5.41) is 0. The predicted octanol–water partition coefficient (Wildman–Crippen LogP) is 2.38. The molecule has 2 aliphatic heterocycles.